The Morgan fingerprint density at radius 2 is 2.24 bits per heavy atom. The lowest BCUT2D eigenvalue weighted by Crippen LogP contribution is -2.25. The van der Waals surface area contributed by atoms with Crippen molar-refractivity contribution >= 4 is 5.97 Å². The van der Waals surface area contributed by atoms with E-state index in [9.17, 15) is 13.6 Å². The monoisotopic (exact) mass is 242 g/mol. The molecule has 0 bridgehead atoms. The quantitative estimate of drug-likeness (QED) is 0.815. The van der Waals surface area contributed by atoms with Gasteiger partial charge in [-0.25, -0.2) is 8.78 Å². The molecule has 5 heteroatoms. The number of hydrogen-bond donors (Lipinski definition) is 1. The molecule has 2 atom stereocenters. The molecule has 0 heterocycles. The lowest BCUT2D eigenvalue weighted by molar-refractivity contribution is -0.144. The number of aliphatic hydroxyl groups is 1. The van der Waals surface area contributed by atoms with Gasteiger partial charge in [-0.1, -0.05) is 6.07 Å². The van der Waals surface area contributed by atoms with Crippen LogP contribution in [0.5, 0.6) is 0 Å². The van der Waals surface area contributed by atoms with Crippen molar-refractivity contribution < 1.29 is 23.4 Å². The predicted molar refractivity (Wildman–Crippen MR) is 55.2 cm³/mol. The number of aliphatic hydroxyl groups excluding tert-OH is 1. The Labute approximate surface area is 97.0 Å². The third-order valence-corrected chi connectivity index (χ3v) is 3.31. The van der Waals surface area contributed by atoms with Crippen molar-refractivity contribution in [2.75, 3.05) is 13.7 Å². The molecule has 0 amide bonds. The Morgan fingerprint density at radius 3 is 2.71 bits per heavy atom. The molecule has 92 valence electrons. The first-order chi connectivity index (χ1) is 8.06. The average Bonchev–Trinajstić information content (AvgIpc) is 3.07. The van der Waals surface area contributed by atoms with Crippen molar-refractivity contribution in [1.29, 1.82) is 0 Å². The van der Waals surface area contributed by atoms with Crippen molar-refractivity contribution in [3.8, 4) is 0 Å². The van der Waals surface area contributed by atoms with Crippen molar-refractivity contribution in [3.05, 3.63) is 35.4 Å². The second-order valence-electron chi connectivity index (χ2n) is 4.18. The first-order valence-electron chi connectivity index (χ1n) is 5.21. The van der Waals surface area contributed by atoms with Crippen LogP contribution in [0.3, 0.4) is 0 Å². The molecule has 0 saturated heterocycles. The second kappa shape index (κ2) is 4.07. The summed E-state index contributed by atoms with van der Waals surface area (Å²) in [6.45, 7) is -0.186. The lowest BCUT2D eigenvalue weighted by atomic mass is 9.93. The van der Waals surface area contributed by atoms with E-state index in [4.69, 9.17) is 5.11 Å². The fourth-order valence-electron chi connectivity index (χ4n) is 2.23. The molecule has 1 aliphatic rings. The molecular formula is C12H12F2O3. The van der Waals surface area contributed by atoms with Gasteiger partial charge in [-0.2, -0.15) is 0 Å². The van der Waals surface area contributed by atoms with Gasteiger partial charge in [0.25, 0.3) is 0 Å². The summed E-state index contributed by atoms with van der Waals surface area (Å²) in [6.07, 6.45) is 0.390. The molecule has 0 spiro atoms. The van der Waals surface area contributed by atoms with E-state index in [2.05, 4.69) is 4.74 Å². The summed E-state index contributed by atoms with van der Waals surface area (Å²) in [5.74, 6) is -2.79. The zero-order chi connectivity index (χ0) is 12.6. The zero-order valence-corrected chi connectivity index (χ0v) is 9.24. The number of hydrogen-bond acceptors (Lipinski definition) is 3. The highest BCUT2D eigenvalue weighted by Crippen LogP contribution is 2.54. The Morgan fingerprint density at radius 1 is 1.53 bits per heavy atom. The number of halogens is 2. The molecule has 2 rings (SSSR count). The number of rotatable bonds is 3. The number of esters is 1. The minimum atomic E-state index is -1.02. The molecule has 0 unspecified atom stereocenters. The molecule has 1 saturated carbocycles. The maximum Gasteiger partial charge on any atom is 0.316 e. The molecule has 1 aromatic rings. The van der Waals surface area contributed by atoms with Crippen LogP contribution < -0.4 is 0 Å². The summed E-state index contributed by atoms with van der Waals surface area (Å²) in [7, 11) is 1.23. The number of methoxy groups -OCH3 is 1. The van der Waals surface area contributed by atoms with Crippen LogP contribution >= 0.6 is 0 Å². The summed E-state index contributed by atoms with van der Waals surface area (Å²) in [5, 5.41) is 9.10. The minimum absolute atomic E-state index is 0.186. The molecule has 1 fully saturated rings. The van der Waals surface area contributed by atoms with Gasteiger partial charge in [0.15, 0.2) is 11.6 Å². The topological polar surface area (TPSA) is 46.5 Å². The van der Waals surface area contributed by atoms with E-state index in [1.807, 2.05) is 0 Å². The molecule has 1 aliphatic carbocycles. The molecule has 3 nitrogen and oxygen atoms in total. The van der Waals surface area contributed by atoms with Crippen LogP contribution in [0, 0.1) is 17.6 Å². The van der Waals surface area contributed by atoms with Crippen LogP contribution in [0.1, 0.15) is 12.0 Å². The van der Waals surface area contributed by atoms with E-state index >= 15 is 0 Å². The zero-order valence-electron chi connectivity index (χ0n) is 9.24. The summed E-state index contributed by atoms with van der Waals surface area (Å²) in [4.78, 5) is 11.7. The highest BCUT2D eigenvalue weighted by Gasteiger charge is 2.61. The Bertz CT molecular complexity index is 461. The van der Waals surface area contributed by atoms with E-state index in [1.54, 1.807) is 0 Å². The Balaban J connectivity index is 2.41. The SMILES string of the molecule is COC(=O)[C@@]1(c2ccc(F)c(F)c2)C[C@H]1CO. The Kier molecular flexibility index (Phi) is 2.87. The third-order valence-electron chi connectivity index (χ3n) is 3.31. The van der Waals surface area contributed by atoms with E-state index in [0.29, 0.717) is 12.0 Å². The largest absolute Gasteiger partial charge is 0.468 e. The number of carbonyl (C=O) groups is 1. The predicted octanol–water partition coefficient (Wildman–Crippen LogP) is 1.39. The molecule has 0 radical (unpaired) electrons. The highest BCUT2D eigenvalue weighted by atomic mass is 19.2. The van der Waals surface area contributed by atoms with Crippen LogP contribution in [-0.2, 0) is 14.9 Å². The maximum absolute atomic E-state index is 13.1. The lowest BCUT2D eigenvalue weighted by Gasteiger charge is -2.15. The standard InChI is InChI=1S/C12H12F2O3/c1-17-11(16)12(5-8(12)6-15)7-2-3-9(13)10(14)4-7/h2-4,8,15H,5-6H2,1H3/t8-,12+/m0/s1. The van der Waals surface area contributed by atoms with Crippen molar-refractivity contribution in [2.45, 2.75) is 11.8 Å². The molecule has 1 aromatic carbocycles. The second-order valence-corrected chi connectivity index (χ2v) is 4.18. The van der Waals surface area contributed by atoms with Crippen molar-refractivity contribution in [2.24, 2.45) is 5.92 Å². The van der Waals surface area contributed by atoms with Crippen molar-refractivity contribution in [3.63, 3.8) is 0 Å². The van der Waals surface area contributed by atoms with Crippen molar-refractivity contribution in [1.82, 2.24) is 0 Å². The van der Waals surface area contributed by atoms with Gasteiger partial charge in [0.2, 0.25) is 0 Å². The molecule has 17 heavy (non-hydrogen) atoms. The fourth-order valence-corrected chi connectivity index (χ4v) is 2.23. The van der Waals surface area contributed by atoms with Crippen LogP contribution in [0.25, 0.3) is 0 Å². The summed E-state index contributed by atoms with van der Waals surface area (Å²) in [6, 6.07) is 3.31. The van der Waals surface area contributed by atoms with Gasteiger partial charge in [0.1, 0.15) is 0 Å². The van der Waals surface area contributed by atoms with Gasteiger partial charge in [0.05, 0.1) is 12.5 Å². The molecule has 0 aromatic heterocycles. The molecular weight excluding hydrogens is 230 g/mol. The molecule has 0 aliphatic heterocycles. The summed E-state index contributed by atoms with van der Waals surface area (Å²) >= 11 is 0. The smallest absolute Gasteiger partial charge is 0.316 e. The van der Waals surface area contributed by atoms with E-state index in [-0.39, 0.29) is 12.5 Å². The number of carbonyl (C=O) groups excluding carboxylic acids is 1. The Hall–Kier alpha value is -1.49. The third kappa shape index (κ3) is 1.70. The van der Waals surface area contributed by atoms with E-state index in [0.717, 1.165) is 12.1 Å². The van der Waals surface area contributed by atoms with Crippen LogP contribution in [0.4, 0.5) is 8.78 Å². The first kappa shape index (κ1) is 12.0. The molecule has 1 N–H and O–H groups in total. The van der Waals surface area contributed by atoms with Gasteiger partial charge in [-0.3, -0.25) is 4.79 Å². The van der Waals surface area contributed by atoms with Crippen LogP contribution in [0.2, 0.25) is 0 Å². The highest BCUT2D eigenvalue weighted by molar-refractivity contribution is 5.87. The summed E-state index contributed by atoms with van der Waals surface area (Å²) < 4.78 is 30.6. The maximum atomic E-state index is 13.1. The normalized spacial score (nSPS) is 26.7. The first-order valence-corrected chi connectivity index (χ1v) is 5.21. The van der Waals surface area contributed by atoms with Gasteiger partial charge < -0.3 is 9.84 Å². The van der Waals surface area contributed by atoms with E-state index in [1.165, 1.54) is 13.2 Å². The summed E-state index contributed by atoms with van der Waals surface area (Å²) in [5.41, 5.74) is -0.666. The van der Waals surface area contributed by atoms with Gasteiger partial charge in [-0.15, -0.1) is 0 Å². The average molecular weight is 242 g/mol. The van der Waals surface area contributed by atoms with Gasteiger partial charge in [-0.05, 0) is 24.1 Å². The van der Waals surface area contributed by atoms with E-state index < -0.39 is 23.0 Å². The van der Waals surface area contributed by atoms with Crippen LogP contribution in [0.15, 0.2) is 18.2 Å². The van der Waals surface area contributed by atoms with Gasteiger partial charge in [0, 0.05) is 12.5 Å². The minimum Gasteiger partial charge on any atom is -0.468 e. The fraction of sp³-hybridized carbons (Fsp3) is 0.417. The number of ether oxygens (including phenoxy) is 1. The number of benzene rings is 1. The van der Waals surface area contributed by atoms with Gasteiger partial charge >= 0.3 is 5.97 Å². The van der Waals surface area contributed by atoms with Crippen LogP contribution in [-0.4, -0.2) is 24.8 Å².